The molecule has 0 spiro atoms. The van der Waals surface area contributed by atoms with Crippen LogP contribution in [0.25, 0.3) is 0 Å². The van der Waals surface area contributed by atoms with Gasteiger partial charge in [0.05, 0.1) is 0 Å². The Kier molecular flexibility index (Phi) is 8.54. The lowest BCUT2D eigenvalue weighted by Crippen LogP contribution is -2.52. The zero-order valence-electron chi connectivity index (χ0n) is 17.5. The smallest absolute Gasteiger partial charge is 0.422 e. The van der Waals surface area contributed by atoms with E-state index in [0.717, 1.165) is 0 Å². The van der Waals surface area contributed by atoms with Crippen LogP contribution in [0.15, 0.2) is 0 Å². The largest absolute Gasteiger partial charge is 0.449 e. The predicted molar refractivity (Wildman–Crippen MR) is 94.7 cm³/mol. The molecule has 14 heteroatoms. The van der Waals surface area contributed by atoms with Gasteiger partial charge in [-0.3, -0.25) is 9.59 Å². The summed E-state index contributed by atoms with van der Waals surface area (Å²) in [6.45, 7) is 1.30. The molecule has 1 aliphatic rings. The summed E-state index contributed by atoms with van der Waals surface area (Å²) in [4.78, 5) is 46.5. The highest BCUT2D eigenvalue weighted by Gasteiger charge is 2.43. The van der Waals surface area contributed by atoms with Crippen LogP contribution < -0.4 is 10.6 Å². The van der Waals surface area contributed by atoms with Crippen molar-refractivity contribution in [1.29, 1.82) is 0 Å². The Balaban J connectivity index is 2.69. The third-order valence-corrected chi connectivity index (χ3v) is 4.56. The van der Waals surface area contributed by atoms with Crippen LogP contribution in [0, 0.1) is 10.8 Å². The van der Waals surface area contributed by atoms with Gasteiger partial charge < -0.3 is 20.1 Å². The van der Waals surface area contributed by atoms with Crippen molar-refractivity contribution < 1.29 is 55.0 Å². The summed E-state index contributed by atoms with van der Waals surface area (Å²) in [5.41, 5.74) is -1.22. The highest BCUT2D eigenvalue weighted by Crippen LogP contribution is 2.45. The molecule has 1 fully saturated rings. The van der Waals surface area contributed by atoms with Gasteiger partial charge in [-0.2, -0.15) is 26.3 Å². The third-order valence-electron chi connectivity index (χ3n) is 4.56. The summed E-state index contributed by atoms with van der Waals surface area (Å²) in [6, 6.07) is -0.677. The molecule has 0 aromatic rings. The van der Waals surface area contributed by atoms with Crippen LogP contribution in [0.3, 0.4) is 0 Å². The monoisotopic (exact) mass is 478 g/mol. The zero-order chi connectivity index (χ0) is 25.0. The molecule has 0 heterocycles. The van der Waals surface area contributed by atoms with E-state index < -0.39 is 66.2 Å². The van der Waals surface area contributed by atoms with Gasteiger partial charge in [-0.05, 0) is 30.1 Å². The molecule has 0 aliphatic heterocycles. The summed E-state index contributed by atoms with van der Waals surface area (Å²) in [5, 5.41) is 4.49. The van der Waals surface area contributed by atoms with E-state index in [-0.39, 0.29) is 13.0 Å². The van der Waals surface area contributed by atoms with Crippen LogP contribution >= 0.6 is 0 Å². The number of rotatable bonds is 5. The third kappa shape index (κ3) is 10.2. The maximum Gasteiger partial charge on any atom is 0.422 e. The molecule has 8 nitrogen and oxygen atoms in total. The van der Waals surface area contributed by atoms with E-state index in [2.05, 4.69) is 20.1 Å². The molecule has 2 unspecified atom stereocenters. The lowest BCUT2D eigenvalue weighted by molar-refractivity contribution is -0.187. The Bertz CT molecular complexity index is 736. The van der Waals surface area contributed by atoms with E-state index >= 15 is 0 Å². The van der Waals surface area contributed by atoms with Crippen LogP contribution in [0.4, 0.5) is 26.3 Å². The van der Waals surface area contributed by atoms with Crippen LogP contribution in [-0.4, -0.2) is 61.9 Å². The Morgan fingerprint density at radius 3 is 1.78 bits per heavy atom. The molecule has 1 aliphatic carbocycles. The zero-order valence-corrected chi connectivity index (χ0v) is 17.5. The summed E-state index contributed by atoms with van der Waals surface area (Å²) in [7, 11) is 0. The molecule has 0 aromatic carbocycles. The summed E-state index contributed by atoms with van der Waals surface area (Å²) >= 11 is 0. The van der Waals surface area contributed by atoms with Gasteiger partial charge in [-0.25, -0.2) is 9.59 Å². The average Bonchev–Trinajstić information content (AvgIpc) is 2.59. The van der Waals surface area contributed by atoms with Gasteiger partial charge in [0.15, 0.2) is 13.2 Å². The van der Waals surface area contributed by atoms with E-state index in [1.165, 1.54) is 0 Å². The molecule has 32 heavy (non-hydrogen) atoms. The number of hydrogen-bond donors (Lipinski definition) is 2. The second kappa shape index (κ2) is 9.94. The summed E-state index contributed by atoms with van der Waals surface area (Å²) in [6.07, 6.45) is -8.61. The van der Waals surface area contributed by atoms with Crippen LogP contribution in [0.1, 0.15) is 40.0 Å². The topological polar surface area (TPSA) is 111 Å². The van der Waals surface area contributed by atoms with E-state index in [1.54, 1.807) is 6.92 Å². The Morgan fingerprint density at radius 1 is 0.844 bits per heavy atom. The standard InChI is InChI=1S/C18H24F6N2O6/c1-15(2)4-10(26-12(28)14(30)32-9-18(22,23)24)5-16(3,6-15)7-25-11(27)13(29)31-8-17(19,20)21/h10H,4-9H2,1-3H3,(H,25,27)(H,26,28). The van der Waals surface area contributed by atoms with Crippen molar-refractivity contribution in [2.24, 2.45) is 10.8 Å². The molecule has 1 saturated carbocycles. The normalized spacial score (nSPS) is 23.1. The number of alkyl halides is 6. The molecular weight excluding hydrogens is 454 g/mol. The van der Waals surface area contributed by atoms with Gasteiger partial charge in [0.2, 0.25) is 0 Å². The first-order valence-electron chi connectivity index (χ1n) is 9.37. The van der Waals surface area contributed by atoms with Crippen molar-refractivity contribution in [2.45, 2.75) is 58.4 Å². The Morgan fingerprint density at radius 2 is 1.31 bits per heavy atom. The van der Waals surface area contributed by atoms with E-state index in [1.807, 2.05) is 13.8 Å². The molecule has 184 valence electrons. The Labute approximate surface area is 179 Å². The van der Waals surface area contributed by atoms with Crippen LogP contribution in [0.5, 0.6) is 0 Å². The minimum Gasteiger partial charge on any atom is -0.449 e. The number of hydrogen-bond acceptors (Lipinski definition) is 6. The fraction of sp³-hybridized carbons (Fsp3) is 0.778. The van der Waals surface area contributed by atoms with E-state index in [9.17, 15) is 45.5 Å². The number of esters is 2. The van der Waals surface area contributed by atoms with Gasteiger partial charge in [-0.1, -0.05) is 20.8 Å². The predicted octanol–water partition coefficient (Wildman–Crippen LogP) is 2.01. The quantitative estimate of drug-likeness (QED) is 0.356. The maximum absolute atomic E-state index is 12.1. The number of carbonyl (C=O) groups excluding carboxylic acids is 4. The van der Waals surface area contributed by atoms with E-state index in [0.29, 0.717) is 12.8 Å². The lowest BCUT2D eigenvalue weighted by Gasteiger charge is -2.46. The lowest BCUT2D eigenvalue weighted by atomic mass is 9.62. The van der Waals surface area contributed by atoms with Gasteiger partial charge in [-0.15, -0.1) is 0 Å². The number of ether oxygens (including phenoxy) is 2. The van der Waals surface area contributed by atoms with Crippen molar-refractivity contribution in [3.8, 4) is 0 Å². The average molecular weight is 478 g/mol. The van der Waals surface area contributed by atoms with Crippen LogP contribution in [-0.2, 0) is 28.7 Å². The van der Waals surface area contributed by atoms with Crippen molar-refractivity contribution in [3.63, 3.8) is 0 Å². The summed E-state index contributed by atoms with van der Waals surface area (Å²) in [5.74, 6) is -6.15. The van der Waals surface area contributed by atoms with Gasteiger partial charge >= 0.3 is 36.1 Å². The van der Waals surface area contributed by atoms with Gasteiger partial charge in [0.25, 0.3) is 0 Å². The minimum atomic E-state index is -4.79. The second-order valence-electron chi connectivity index (χ2n) is 8.80. The van der Waals surface area contributed by atoms with Crippen molar-refractivity contribution >= 4 is 23.8 Å². The molecule has 0 radical (unpaired) electrons. The highest BCUT2D eigenvalue weighted by atomic mass is 19.4. The van der Waals surface area contributed by atoms with Gasteiger partial charge in [0.1, 0.15) is 0 Å². The molecule has 0 saturated heterocycles. The van der Waals surface area contributed by atoms with Gasteiger partial charge in [0, 0.05) is 12.6 Å². The van der Waals surface area contributed by atoms with Crippen LogP contribution in [0.2, 0.25) is 0 Å². The SMILES string of the molecule is CC1(C)CC(NC(=O)C(=O)OCC(F)(F)F)CC(C)(CNC(=O)C(=O)OCC(F)(F)F)C1. The molecular formula is C18H24F6N2O6. The first-order chi connectivity index (χ1) is 14.3. The number of halogens is 6. The van der Waals surface area contributed by atoms with E-state index in [4.69, 9.17) is 0 Å². The van der Waals surface area contributed by atoms with Crippen molar-refractivity contribution in [2.75, 3.05) is 19.8 Å². The fourth-order valence-corrected chi connectivity index (χ4v) is 3.91. The molecule has 2 amide bonds. The first kappa shape index (κ1) is 27.5. The number of carbonyl (C=O) groups is 4. The molecule has 2 atom stereocenters. The minimum absolute atomic E-state index is 0.159. The second-order valence-corrected chi connectivity index (χ2v) is 8.80. The fourth-order valence-electron chi connectivity index (χ4n) is 3.91. The Hall–Kier alpha value is -2.54. The molecule has 0 bridgehead atoms. The maximum atomic E-state index is 12.1. The first-order valence-corrected chi connectivity index (χ1v) is 9.37. The molecule has 2 N–H and O–H groups in total. The van der Waals surface area contributed by atoms with Crippen molar-refractivity contribution in [3.05, 3.63) is 0 Å². The number of nitrogens with one attached hydrogen (secondary N) is 2. The highest BCUT2D eigenvalue weighted by molar-refractivity contribution is 6.32. The van der Waals surface area contributed by atoms with Crippen molar-refractivity contribution in [1.82, 2.24) is 10.6 Å². The molecule has 1 rings (SSSR count). The molecule has 0 aromatic heterocycles. The number of amides is 2. The summed E-state index contributed by atoms with van der Waals surface area (Å²) < 4.78 is 80.4.